The van der Waals surface area contributed by atoms with Crippen molar-refractivity contribution in [1.29, 1.82) is 0 Å². The summed E-state index contributed by atoms with van der Waals surface area (Å²) in [7, 11) is 0. The number of halogens is 2. The largest absolute Gasteiger partial charge is 0.313 e. The zero-order valence-electron chi connectivity index (χ0n) is 9.63. The van der Waals surface area contributed by atoms with E-state index in [2.05, 4.69) is 19.2 Å². The lowest BCUT2D eigenvalue weighted by Crippen LogP contribution is -2.19. The summed E-state index contributed by atoms with van der Waals surface area (Å²) in [4.78, 5) is 0. The van der Waals surface area contributed by atoms with Gasteiger partial charge in [-0.2, -0.15) is 0 Å². The summed E-state index contributed by atoms with van der Waals surface area (Å²) in [6.07, 6.45) is 3.89. The minimum Gasteiger partial charge on any atom is -0.313 e. The number of rotatable bonds is 5. The molecule has 0 unspecified atom stereocenters. The van der Waals surface area contributed by atoms with Crippen molar-refractivity contribution in [3.05, 3.63) is 40.7 Å². The smallest absolute Gasteiger partial charge is 0.124 e. The summed E-state index contributed by atoms with van der Waals surface area (Å²) < 4.78 is 12.8. The van der Waals surface area contributed by atoms with Gasteiger partial charge in [-0.15, -0.1) is 0 Å². The molecule has 0 saturated heterocycles. The van der Waals surface area contributed by atoms with E-state index >= 15 is 0 Å². The summed E-state index contributed by atoms with van der Waals surface area (Å²) in [5.41, 5.74) is 0.842. The molecule has 3 heteroatoms. The Morgan fingerprint density at radius 3 is 2.81 bits per heavy atom. The fourth-order valence-electron chi connectivity index (χ4n) is 1.28. The SMILES string of the molecule is CC(C)CNC/C=C/c1ccc(F)cc1Cl. The monoisotopic (exact) mass is 241 g/mol. The second-order valence-electron chi connectivity index (χ2n) is 4.12. The van der Waals surface area contributed by atoms with Crippen molar-refractivity contribution in [1.82, 2.24) is 5.32 Å². The first kappa shape index (κ1) is 13.2. The highest BCUT2D eigenvalue weighted by Crippen LogP contribution is 2.18. The van der Waals surface area contributed by atoms with E-state index in [1.54, 1.807) is 6.07 Å². The Bertz CT molecular complexity index is 361. The Morgan fingerprint density at radius 2 is 2.19 bits per heavy atom. The van der Waals surface area contributed by atoms with Gasteiger partial charge >= 0.3 is 0 Å². The Labute approximate surface area is 101 Å². The van der Waals surface area contributed by atoms with Gasteiger partial charge in [-0.05, 0) is 30.2 Å². The maximum absolute atomic E-state index is 12.8. The average Bonchev–Trinajstić information content (AvgIpc) is 2.20. The lowest BCUT2D eigenvalue weighted by atomic mass is 10.2. The summed E-state index contributed by atoms with van der Waals surface area (Å²) in [5.74, 6) is 0.336. The minimum absolute atomic E-state index is 0.305. The number of hydrogen-bond acceptors (Lipinski definition) is 1. The zero-order valence-corrected chi connectivity index (χ0v) is 10.4. The van der Waals surface area contributed by atoms with Crippen LogP contribution in [0.2, 0.25) is 5.02 Å². The van der Waals surface area contributed by atoms with Crippen LogP contribution in [0.3, 0.4) is 0 Å². The van der Waals surface area contributed by atoms with E-state index in [0.29, 0.717) is 10.9 Å². The van der Waals surface area contributed by atoms with E-state index in [0.717, 1.165) is 18.7 Å². The Kier molecular flexibility index (Phi) is 5.50. The maximum Gasteiger partial charge on any atom is 0.124 e. The Morgan fingerprint density at radius 1 is 1.44 bits per heavy atom. The first-order valence-electron chi connectivity index (χ1n) is 5.42. The summed E-state index contributed by atoms with van der Waals surface area (Å²) >= 11 is 5.88. The van der Waals surface area contributed by atoms with Gasteiger partial charge in [-0.3, -0.25) is 0 Å². The van der Waals surface area contributed by atoms with Gasteiger partial charge in [0.1, 0.15) is 5.82 Å². The van der Waals surface area contributed by atoms with Crippen LogP contribution in [0.15, 0.2) is 24.3 Å². The summed E-state index contributed by atoms with van der Waals surface area (Å²) in [6, 6.07) is 4.41. The molecule has 1 rings (SSSR count). The maximum atomic E-state index is 12.8. The molecule has 0 atom stereocenters. The Hall–Kier alpha value is -0.860. The molecule has 1 aromatic rings. The van der Waals surface area contributed by atoms with E-state index in [-0.39, 0.29) is 5.82 Å². The van der Waals surface area contributed by atoms with Crippen LogP contribution in [-0.4, -0.2) is 13.1 Å². The van der Waals surface area contributed by atoms with Crippen molar-refractivity contribution in [2.75, 3.05) is 13.1 Å². The van der Waals surface area contributed by atoms with Crippen molar-refractivity contribution < 1.29 is 4.39 Å². The molecule has 1 aromatic carbocycles. The molecule has 0 heterocycles. The molecule has 1 N–H and O–H groups in total. The minimum atomic E-state index is -0.305. The molecule has 0 saturated carbocycles. The van der Waals surface area contributed by atoms with E-state index in [4.69, 9.17) is 11.6 Å². The highest BCUT2D eigenvalue weighted by atomic mass is 35.5. The van der Waals surface area contributed by atoms with Crippen LogP contribution in [-0.2, 0) is 0 Å². The second-order valence-corrected chi connectivity index (χ2v) is 4.53. The predicted molar refractivity (Wildman–Crippen MR) is 68.2 cm³/mol. The van der Waals surface area contributed by atoms with Gasteiger partial charge in [0.25, 0.3) is 0 Å². The summed E-state index contributed by atoms with van der Waals surface area (Å²) in [6.45, 7) is 6.11. The van der Waals surface area contributed by atoms with Crippen LogP contribution >= 0.6 is 11.6 Å². The number of benzene rings is 1. The van der Waals surface area contributed by atoms with Gasteiger partial charge in [0.05, 0.1) is 5.02 Å². The molecule has 1 nitrogen and oxygen atoms in total. The van der Waals surface area contributed by atoms with Gasteiger partial charge in [-0.25, -0.2) is 4.39 Å². The van der Waals surface area contributed by atoms with E-state index in [9.17, 15) is 4.39 Å². The molecular weight excluding hydrogens is 225 g/mol. The highest BCUT2D eigenvalue weighted by Gasteiger charge is 1.97. The van der Waals surface area contributed by atoms with Crippen LogP contribution in [0.4, 0.5) is 4.39 Å². The topological polar surface area (TPSA) is 12.0 Å². The second kappa shape index (κ2) is 6.66. The molecular formula is C13H17ClFN. The van der Waals surface area contributed by atoms with Crippen molar-refractivity contribution >= 4 is 17.7 Å². The quantitative estimate of drug-likeness (QED) is 0.775. The highest BCUT2D eigenvalue weighted by molar-refractivity contribution is 6.32. The predicted octanol–water partition coefficient (Wildman–Crippen LogP) is 3.74. The third kappa shape index (κ3) is 4.77. The van der Waals surface area contributed by atoms with Crippen molar-refractivity contribution in [3.63, 3.8) is 0 Å². The van der Waals surface area contributed by atoms with Gasteiger partial charge in [0.2, 0.25) is 0 Å². The fourth-order valence-corrected chi connectivity index (χ4v) is 1.51. The van der Waals surface area contributed by atoms with Crippen molar-refractivity contribution in [2.24, 2.45) is 5.92 Å². The van der Waals surface area contributed by atoms with Gasteiger partial charge < -0.3 is 5.32 Å². The lowest BCUT2D eigenvalue weighted by Gasteiger charge is -2.04. The van der Waals surface area contributed by atoms with Crippen LogP contribution in [0.5, 0.6) is 0 Å². The molecule has 0 aromatic heterocycles. The molecule has 0 aliphatic rings. The molecule has 16 heavy (non-hydrogen) atoms. The fraction of sp³-hybridized carbons (Fsp3) is 0.385. The van der Waals surface area contributed by atoms with Crippen LogP contribution < -0.4 is 5.32 Å². The normalized spacial score (nSPS) is 11.6. The van der Waals surface area contributed by atoms with Crippen LogP contribution in [0.1, 0.15) is 19.4 Å². The van der Waals surface area contributed by atoms with Crippen molar-refractivity contribution in [3.8, 4) is 0 Å². The third-order valence-electron chi connectivity index (χ3n) is 2.07. The molecule has 0 radical (unpaired) electrons. The standard InChI is InChI=1S/C13H17ClFN/c1-10(2)9-16-7-3-4-11-5-6-12(15)8-13(11)14/h3-6,8,10,16H,7,9H2,1-2H3/b4-3+. The van der Waals surface area contributed by atoms with Gasteiger partial charge in [0, 0.05) is 6.54 Å². The molecule has 0 bridgehead atoms. The Balaban J connectivity index is 2.44. The number of nitrogens with one attached hydrogen (secondary N) is 1. The molecule has 0 aliphatic heterocycles. The number of hydrogen-bond donors (Lipinski definition) is 1. The van der Waals surface area contributed by atoms with Crippen LogP contribution in [0, 0.1) is 11.7 Å². The molecule has 0 aliphatic carbocycles. The third-order valence-corrected chi connectivity index (χ3v) is 2.40. The van der Waals surface area contributed by atoms with E-state index in [1.807, 2.05) is 12.2 Å². The van der Waals surface area contributed by atoms with Crippen molar-refractivity contribution in [2.45, 2.75) is 13.8 Å². The van der Waals surface area contributed by atoms with Gasteiger partial charge in [0.15, 0.2) is 0 Å². The lowest BCUT2D eigenvalue weighted by molar-refractivity contribution is 0.577. The van der Waals surface area contributed by atoms with Crippen LogP contribution in [0.25, 0.3) is 6.08 Å². The first-order chi connectivity index (χ1) is 7.59. The molecule has 0 fully saturated rings. The molecule has 0 amide bonds. The van der Waals surface area contributed by atoms with Gasteiger partial charge in [-0.1, -0.05) is 43.7 Å². The summed E-state index contributed by atoms with van der Waals surface area (Å²) in [5, 5.41) is 3.73. The average molecular weight is 242 g/mol. The van der Waals surface area contributed by atoms with E-state index in [1.165, 1.54) is 12.1 Å². The van der Waals surface area contributed by atoms with E-state index < -0.39 is 0 Å². The first-order valence-corrected chi connectivity index (χ1v) is 5.79. The molecule has 88 valence electrons. The molecule has 0 spiro atoms. The zero-order chi connectivity index (χ0) is 12.0.